The van der Waals surface area contributed by atoms with Crippen LogP contribution in [-0.4, -0.2) is 24.0 Å². The van der Waals surface area contributed by atoms with Crippen molar-refractivity contribution in [3.63, 3.8) is 0 Å². The second-order valence-electron chi connectivity index (χ2n) is 6.18. The van der Waals surface area contributed by atoms with E-state index >= 15 is 0 Å². The van der Waals surface area contributed by atoms with Gasteiger partial charge in [-0.3, -0.25) is 9.59 Å². The third kappa shape index (κ3) is 4.44. The van der Waals surface area contributed by atoms with Crippen molar-refractivity contribution in [1.82, 2.24) is 4.98 Å². The Bertz CT molecular complexity index is 1020. The number of rotatable bonds is 6. The molecule has 0 spiro atoms. The van der Waals surface area contributed by atoms with E-state index in [-0.39, 0.29) is 11.5 Å². The molecule has 0 saturated carbocycles. The lowest BCUT2D eigenvalue weighted by Gasteiger charge is -2.21. The molecule has 0 saturated heterocycles. The number of benzene rings is 2. The van der Waals surface area contributed by atoms with Gasteiger partial charge in [-0.15, -0.1) is 0 Å². The molecule has 0 aliphatic rings. The first-order valence-corrected chi connectivity index (χ1v) is 9.07. The number of hydrogen-bond acceptors (Lipinski definition) is 3. The summed E-state index contributed by atoms with van der Waals surface area (Å²) in [7, 11) is 0. The van der Waals surface area contributed by atoms with Gasteiger partial charge in [0, 0.05) is 41.6 Å². The van der Waals surface area contributed by atoms with Crippen molar-refractivity contribution in [1.29, 1.82) is 0 Å². The lowest BCUT2D eigenvalue weighted by molar-refractivity contribution is -0.111. The van der Waals surface area contributed by atoms with Crippen molar-refractivity contribution in [2.45, 2.75) is 13.8 Å². The zero-order valence-electron chi connectivity index (χ0n) is 15.5. The summed E-state index contributed by atoms with van der Waals surface area (Å²) in [6, 6.07) is 17.0. The molecule has 3 aromatic rings. The smallest absolute Gasteiger partial charge is 0.255 e. The molecule has 2 N–H and O–H groups in total. The molecule has 1 amide bonds. The second-order valence-corrected chi connectivity index (χ2v) is 6.18. The highest BCUT2D eigenvalue weighted by atomic mass is 16.1. The topological polar surface area (TPSA) is 65.2 Å². The number of aromatic amines is 1. The normalized spacial score (nSPS) is 11.0. The van der Waals surface area contributed by atoms with Crippen LogP contribution in [0, 0.1) is 0 Å². The Balaban J connectivity index is 1.70. The summed E-state index contributed by atoms with van der Waals surface area (Å²) in [5.74, 6) is -0.279. The molecule has 0 bridgehead atoms. The van der Waals surface area contributed by atoms with E-state index in [1.54, 1.807) is 6.07 Å². The highest BCUT2D eigenvalue weighted by Crippen LogP contribution is 2.18. The van der Waals surface area contributed by atoms with Crippen molar-refractivity contribution in [2.24, 2.45) is 0 Å². The number of amides is 1. The quantitative estimate of drug-likeness (QED) is 0.652. The van der Waals surface area contributed by atoms with E-state index in [2.05, 4.69) is 29.0 Å². The van der Waals surface area contributed by atoms with Crippen molar-refractivity contribution in [2.75, 3.05) is 23.3 Å². The van der Waals surface area contributed by atoms with Crippen molar-refractivity contribution in [3.8, 4) is 0 Å². The fraction of sp³-hybridized carbons (Fsp3) is 0.182. The van der Waals surface area contributed by atoms with Crippen molar-refractivity contribution in [3.05, 3.63) is 76.6 Å². The zero-order valence-corrected chi connectivity index (χ0v) is 15.5. The van der Waals surface area contributed by atoms with Crippen LogP contribution in [0.25, 0.3) is 17.0 Å². The lowest BCUT2D eigenvalue weighted by Crippen LogP contribution is -2.21. The summed E-state index contributed by atoms with van der Waals surface area (Å²) in [5.41, 5.74) is 2.84. The van der Waals surface area contributed by atoms with Crippen LogP contribution >= 0.6 is 0 Å². The summed E-state index contributed by atoms with van der Waals surface area (Å²) < 4.78 is 0. The lowest BCUT2D eigenvalue weighted by atomic mass is 10.1. The molecular weight excluding hydrogens is 338 g/mol. The highest BCUT2D eigenvalue weighted by molar-refractivity contribution is 6.02. The van der Waals surface area contributed by atoms with Gasteiger partial charge in [0.25, 0.3) is 5.56 Å². The molecule has 138 valence electrons. The van der Waals surface area contributed by atoms with Crippen LogP contribution in [-0.2, 0) is 4.79 Å². The molecule has 1 heterocycles. The van der Waals surface area contributed by atoms with E-state index < -0.39 is 0 Å². The van der Waals surface area contributed by atoms with Crippen molar-refractivity contribution < 1.29 is 4.79 Å². The monoisotopic (exact) mass is 361 g/mol. The SMILES string of the molecule is CCN(CC)c1ccc(NC(=O)/C=C/c2cc3ccccc3[nH]c2=O)cc1. The maximum atomic E-state index is 12.2. The number of pyridine rings is 1. The van der Waals surface area contributed by atoms with Gasteiger partial charge < -0.3 is 15.2 Å². The first kappa shape index (κ1) is 18.5. The largest absolute Gasteiger partial charge is 0.372 e. The highest BCUT2D eigenvalue weighted by Gasteiger charge is 2.04. The standard InChI is InChI=1S/C22H23N3O2/c1-3-25(4-2)19-12-10-18(11-13-19)23-21(26)14-9-17-15-16-7-5-6-8-20(16)24-22(17)27/h5-15H,3-4H2,1-2H3,(H,23,26)(H,24,27)/b14-9+. The number of carbonyl (C=O) groups excluding carboxylic acids is 1. The molecule has 5 heteroatoms. The molecule has 0 fully saturated rings. The van der Waals surface area contributed by atoms with E-state index in [0.717, 1.165) is 29.7 Å². The maximum absolute atomic E-state index is 12.2. The van der Waals surface area contributed by atoms with Gasteiger partial charge in [0.15, 0.2) is 0 Å². The summed E-state index contributed by atoms with van der Waals surface area (Å²) in [4.78, 5) is 29.3. The molecule has 0 aliphatic heterocycles. The Kier molecular flexibility index (Phi) is 5.71. The number of H-pyrrole nitrogens is 1. The van der Waals surface area contributed by atoms with Crippen LogP contribution in [0.4, 0.5) is 11.4 Å². The number of anilines is 2. The third-order valence-electron chi connectivity index (χ3n) is 4.46. The van der Waals surface area contributed by atoms with Crippen LogP contribution in [0.2, 0.25) is 0 Å². The van der Waals surface area contributed by atoms with Crippen LogP contribution in [0.15, 0.2) is 65.5 Å². The predicted molar refractivity (Wildman–Crippen MR) is 112 cm³/mol. The molecule has 0 radical (unpaired) electrons. The second kappa shape index (κ2) is 8.36. The fourth-order valence-corrected chi connectivity index (χ4v) is 2.98. The average molecular weight is 361 g/mol. The van der Waals surface area contributed by atoms with Gasteiger partial charge in [0.1, 0.15) is 0 Å². The molecule has 27 heavy (non-hydrogen) atoms. The van der Waals surface area contributed by atoms with E-state index in [0.29, 0.717) is 11.3 Å². The van der Waals surface area contributed by atoms with Crippen LogP contribution in [0.5, 0.6) is 0 Å². The molecule has 1 aromatic heterocycles. The Morgan fingerprint density at radius 2 is 1.78 bits per heavy atom. The molecule has 2 aromatic carbocycles. The minimum atomic E-state index is -0.279. The number of para-hydroxylation sites is 1. The zero-order chi connectivity index (χ0) is 19.2. The Labute approximate surface area is 158 Å². The van der Waals surface area contributed by atoms with Crippen molar-refractivity contribution >= 4 is 34.3 Å². The van der Waals surface area contributed by atoms with Gasteiger partial charge in [0.05, 0.1) is 0 Å². The van der Waals surface area contributed by atoms with Gasteiger partial charge in [-0.2, -0.15) is 0 Å². The minimum absolute atomic E-state index is 0.221. The molecule has 0 unspecified atom stereocenters. The first-order valence-electron chi connectivity index (χ1n) is 9.07. The third-order valence-corrected chi connectivity index (χ3v) is 4.46. The number of carbonyl (C=O) groups is 1. The first-order chi connectivity index (χ1) is 13.1. The maximum Gasteiger partial charge on any atom is 0.255 e. The Morgan fingerprint density at radius 3 is 2.48 bits per heavy atom. The minimum Gasteiger partial charge on any atom is -0.372 e. The van der Waals surface area contributed by atoms with Gasteiger partial charge >= 0.3 is 0 Å². The van der Waals surface area contributed by atoms with E-state index in [9.17, 15) is 9.59 Å². The number of hydrogen-bond donors (Lipinski definition) is 2. The molecular formula is C22H23N3O2. The number of fused-ring (bicyclic) bond motifs is 1. The van der Waals surface area contributed by atoms with Gasteiger partial charge in [-0.1, -0.05) is 18.2 Å². The summed E-state index contributed by atoms with van der Waals surface area (Å²) in [5, 5.41) is 3.73. The van der Waals surface area contributed by atoms with Gasteiger partial charge in [-0.25, -0.2) is 0 Å². The van der Waals surface area contributed by atoms with Crippen LogP contribution in [0.1, 0.15) is 19.4 Å². The Morgan fingerprint density at radius 1 is 1.07 bits per heavy atom. The molecule has 0 aliphatic carbocycles. The van der Waals surface area contributed by atoms with E-state index in [4.69, 9.17) is 0 Å². The number of nitrogens with zero attached hydrogens (tertiary/aromatic N) is 1. The van der Waals surface area contributed by atoms with Gasteiger partial charge in [-0.05, 0) is 61.7 Å². The summed E-state index contributed by atoms with van der Waals surface area (Å²) >= 11 is 0. The van der Waals surface area contributed by atoms with Crippen LogP contribution < -0.4 is 15.8 Å². The Hall–Kier alpha value is -3.34. The number of nitrogens with one attached hydrogen (secondary N) is 2. The number of aromatic nitrogens is 1. The van der Waals surface area contributed by atoms with Gasteiger partial charge in [0.2, 0.25) is 5.91 Å². The summed E-state index contributed by atoms with van der Waals surface area (Å²) in [6.45, 7) is 6.09. The molecule has 5 nitrogen and oxygen atoms in total. The van der Waals surface area contributed by atoms with E-state index in [1.165, 1.54) is 12.2 Å². The fourth-order valence-electron chi connectivity index (χ4n) is 2.98. The predicted octanol–water partition coefficient (Wildman–Crippen LogP) is 4.03. The van der Waals surface area contributed by atoms with Crippen LogP contribution in [0.3, 0.4) is 0 Å². The molecule has 3 rings (SSSR count). The molecule has 0 atom stereocenters. The van der Waals surface area contributed by atoms with E-state index in [1.807, 2.05) is 48.5 Å². The summed E-state index contributed by atoms with van der Waals surface area (Å²) in [6.07, 6.45) is 2.91. The average Bonchev–Trinajstić information content (AvgIpc) is 2.68.